The van der Waals surface area contributed by atoms with Gasteiger partial charge in [0.2, 0.25) is 0 Å². The molecule has 4 heteroatoms. The lowest BCUT2D eigenvalue weighted by Crippen LogP contribution is -2.61. The predicted molar refractivity (Wildman–Crippen MR) is 133 cm³/mol. The van der Waals surface area contributed by atoms with Gasteiger partial charge in [0.05, 0.1) is 0 Å². The van der Waals surface area contributed by atoms with Gasteiger partial charge in [-0.05, 0) is 80.2 Å². The molecule has 5 rings (SSSR count). The Morgan fingerprint density at radius 2 is 1.94 bits per heavy atom. The van der Waals surface area contributed by atoms with E-state index in [0.29, 0.717) is 29.4 Å². The molecule has 33 heavy (non-hydrogen) atoms. The van der Waals surface area contributed by atoms with E-state index in [0.717, 1.165) is 23.6 Å². The number of fused-ring (bicyclic) bond motifs is 5. The number of para-hydroxylation sites is 1. The van der Waals surface area contributed by atoms with E-state index < -0.39 is 0 Å². The zero-order chi connectivity index (χ0) is 23.4. The van der Waals surface area contributed by atoms with Crippen molar-refractivity contribution in [1.29, 1.82) is 0 Å². The summed E-state index contributed by atoms with van der Waals surface area (Å²) in [6.45, 7) is 11.2. The lowest BCUT2D eigenvalue weighted by atomic mass is 9.48. The van der Waals surface area contributed by atoms with E-state index in [2.05, 4.69) is 31.8 Å². The Balaban J connectivity index is 1.52. The minimum absolute atomic E-state index is 0.144. The van der Waals surface area contributed by atoms with Gasteiger partial charge in [0.15, 0.2) is 0 Å². The molecule has 176 valence electrons. The first-order valence-electron chi connectivity index (χ1n) is 12.8. The molecule has 3 aliphatic carbocycles. The molecular formula is C29H38N2O2. The maximum absolute atomic E-state index is 13.6. The standard InChI is InChI=1S/C29H38N2O2/c1-5-17-31-25-13-12-20-22-10-8-15-28(22,3)16-14-23(20)29(25,4)18-21(27(31)33)26(32)30-24-11-7-6-9-19(24)2/h5-7,9,11,18,20,22-23,25H,1,8,10,12-17H2,2-4H3,(H,30,32)/t20-,22-,23+,25?,28-,29+/m0/s1. The summed E-state index contributed by atoms with van der Waals surface area (Å²) in [6, 6.07) is 7.87. The quantitative estimate of drug-likeness (QED) is 0.463. The number of rotatable bonds is 4. The summed E-state index contributed by atoms with van der Waals surface area (Å²) < 4.78 is 0. The van der Waals surface area contributed by atoms with E-state index >= 15 is 0 Å². The van der Waals surface area contributed by atoms with Gasteiger partial charge in [-0.1, -0.05) is 50.6 Å². The highest BCUT2D eigenvalue weighted by Gasteiger charge is 2.59. The van der Waals surface area contributed by atoms with Crippen LogP contribution in [0.15, 0.2) is 48.6 Å². The number of aryl methyl sites for hydroxylation is 1. The average Bonchev–Trinajstić information content (AvgIpc) is 3.19. The molecule has 1 aromatic carbocycles. The first-order valence-corrected chi connectivity index (χ1v) is 12.8. The van der Waals surface area contributed by atoms with Crippen LogP contribution in [-0.2, 0) is 9.59 Å². The molecule has 0 bridgehead atoms. The van der Waals surface area contributed by atoms with Gasteiger partial charge >= 0.3 is 0 Å². The minimum atomic E-state index is -0.285. The first kappa shape index (κ1) is 22.4. The van der Waals surface area contributed by atoms with Gasteiger partial charge in [0.25, 0.3) is 11.8 Å². The van der Waals surface area contributed by atoms with Crippen molar-refractivity contribution in [2.45, 2.75) is 71.8 Å². The lowest BCUT2D eigenvalue weighted by Gasteiger charge is -2.60. The normalized spacial score (nSPS) is 37.5. The molecular weight excluding hydrogens is 408 g/mol. The molecule has 3 saturated carbocycles. The zero-order valence-corrected chi connectivity index (χ0v) is 20.4. The lowest BCUT2D eigenvalue weighted by molar-refractivity contribution is -0.142. The van der Waals surface area contributed by atoms with Crippen molar-refractivity contribution in [1.82, 2.24) is 4.90 Å². The molecule has 4 aliphatic rings. The van der Waals surface area contributed by atoms with E-state index in [4.69, 9.17) is 0 Å². The van der Waals surface area contributed by atoms with Crippen LogP contribution in [0.3, 0.4) is 0 Å². The molecule has 4 nitrogen and oxygen atoms in total. The molecule has 1 unspecified atom stereocenters. The van der Waals surface area contributed by atoms with Crippen LogP contribution in [0.2, 0.25) is 0 Å². The molecule has 0 aromatic heterocycles. The Bertz CT molecular complexity index is 1010. The van der Waals surface area contributed by atoms with Gasteiger partial charge < -0.3 is 10.2 Å². The molecule has 6 atom stereocenters. The molecule has 1 aromatic rings. The highest BCUT2D eigenvalue weighted by Crippen LogP contribution is 2.64. The van der Waals surface area contributed by atoms with Gasteiger partial charge in [-0.3, -0.25) is 9.59 Å². The summed E-state index contributed by atoms with van der Waals surface area (Å²) in [7, 11) is 0. The zero-order valence-electron chi connectivity index (χ0n) is 20.4. The monoisotopic (exact) mass is 446 g/mol. The Hall–Kier alpha value is -2.36. The maximum atomic E-state index is 13.6. The number of benzene rings is 1. The van der Waals surface area contributed by atoms with Crippen molar-refractivity contribution < 1.29 is 9.59 Å². The highest BCUT2D eigenvalue weighted by atomic mass is 16.2. The van der Waals surface area contributed by atoms with Gasteiger partial charge in [0.1, 0.15) is 5.57 Å². The molecule has 0 radical (unpaired) electrons. The van der Waals surface area contributed by atoms with Crippen LogP contribution in [-0.4, -0.2) is 29.3 Å². The van der Waals surface area contributed by atoms with E-state index in [1.54, 1.807) is 0 Å². The number of carbonyl (C=O) groups excluding carboxylic acids is 2. The third kappa shape index (κ3) is 3.48. The second-order valence-corrected chi connectivity index (χ2v) is 11.5. The van der Waals surface area contributed by atoms with Gasteiger partial charge in [-0.25, -0.2) is 0 Å². The van der Waals surface area contributed by atoms with Crippen molar-refractivity contribution in [2.75, 3.05) is 11.9 Å². The summed E-state index contributed by atoms with van der Waals surface area (Å²) in [5.74, 6) is 1.57. The van der Waals surface area contributed by atoms with E-state index in [9.17, 15) is 9.59 Å². The third-order valence-electron chi connectivity index (χ3n) is 9.80. The van der Waals surface area contributed by atoms with Crippen LogP contribution < -0.4 is 5.32 Å². The number of nitrogens with zero attached hydrogens (tertiary/aromatic N) is 1. The first-order chi connectivity index (χ1) is 15.8. The van der Waals surface area contributed by atoms with Gasteiger partial charge in [-0.15, -0.1) is 6.58 Å². The van der Waals surface area contributed by atoms with Crippen molar-refractivity contribution >= 4 is 17.5 Å². The average molecular weight is 447 g/mol. The summed E-state index contributed by atoms with van der Waals surface area (Å²) in [6.07, 6.45) is 12.6. The number of anilines is 1. The van der Waals surface area contributed by atoms with E-state index in [1.807, 2.05) is 42.2 Å². The number of nitrogens with one attached hydrogen (secondary N) is 1. The number of amides is 2. The summed E-state index contributed by atoms with van der Waals surface area (Å²) in [4.78, 5) is 29.0. The fourth-order valence-electron chi connectivity index (χ4n) is 8.14. The Labute approximate surface area is 198 Å². The van der Waals surface area contributed by atoms with Crippen molar-refractivity contribution in [2.24, 2.45) is 28.6 Å². The molecule has 1 heterocycles. The number of hydrogen-bond donors (Lipinski definition) is 1. The summed E-state index contributed by atoms with van der Waals surface area (Å²) in [5, 5.41) is 3.02. The largest absolute Gasteiger partial charge is 0.331 e. The molecule has 2 amide bonds. The minimum Gasteiger partial charge on any atom is -0.331 e. The van der Waals surface area contributed by atoms with Crippen molar-refractivity contribution in [3.05, 3.63) is 54.1 Å². The fraction of sp³-hybridized carbons (Fsp3) is 0.586. The predicted octanol–water partition coefficient (Wildman–Crippen LogP) is 5.89. The number of carbonyl (C=O) groups is 2. The smallest absolute Gasteiger partial charge is 0.260 e. The highest BCUT2D eigenvalue weighted by molar-refractivity contribution is 6.23. The Morgan fingerprint density at radius 3 is 2.70 bits per heavy atom. The second kappa shape index (κ2) is 8.14. The molecule has 1 N–H and O–H groups in total. The topological polar surface area (TPSA) is 49.4 Å². The van der Waals surface area contributed by atoms with Crippen LogP contribution in [0.25, 0.3) is 0 Å². The summed E-state index contributed by atoms with van der Waals surface area (Å²) >= 11 is 0. The molecule has 3 fully saturated rings. The SMILES string of the molecule is C=CCN1C(=O)C(C(=O)Nc2ccccc2C)=C[C@@]2(C)C1CC[C@@H]1[C@H]2CC[C@]2(C)CCC[C@@H]12. The maximum Gasteiger partial charge on any atom is 0.260 e. The second-order valence-electron chi connectivity index (χ2n) is 11.5. The molecule has 1 aliphatic heterocycles. The number of hydrogen-bond acceptors (Lipinski definition) is 2. The van der Waals surface area contributed by atoms with Crippen molar-refractivity contribution in [3.8, 4) is 0 Å². The van der Waals surface area contributed by atoms with Gasteiger partial charge in [0, 0.05) is 23.7 Å². The van der Waals surface area contributed by atoms with Crippen LogP contribution in [0.5, 0.6) is 0 Å². The van der Waals surface area contributed by atoms with Crippen LogP contribution in [0.4, 0.5) is 5.69 Å². The van der Waals surface area contributed by atoms with Crippen LogP contribution in [0, 0.1) is 35.5 Å². The van der Waals surface area contributed by atoms with E-state index in [1.165, 1.54) is 38.5 Å². The molecule has 0 saturated heterocycles. The van der Waals surface area contributed by atoms with Gasteiger partial charge in [-0.2, -0.15) is 0 Å². The van der Waals surface area contributed by atoms with E-state index in [-0.39, 0.29) is 23.3 Å². The fourth-order valence-corrected chi connectivity index (χ4v) is 8.14. The Morgan fingerprint density at radius 1 is 1.15 bits per heavy atom. The molecule has 0 spiro atoms. The van der Waals surface area contributed by atoms with Crippen molar-refractivity contribution in [3.63, 3.8) is 0 Å². The van der Waals surface area contributed by atoms with Crippen LogP contribution in [0.1, 0.15) is 64.4 Å². The third-order valence-corrected chi connectivity index (χ3v) is 9.80. The van der Waals surface area contributed by atoms with Crippen LogP contribution >= 0.6 is 0 Å². The Kier molecular flexibility index (Phi) is 5.54. The summed E-state index contributed by atoms with van der Waals surface area (Å²) in [5.41, 5.74) is 2.37.